The van der Waals surface area contributed by atoms with Crippen molar-refractivity contribution in [2.24, 2.45) is 5.73 Å². The minimum Gasteiger partial charge on any atom is -0.369 e. The molecule has 126 valence electrons. The van der Waals surface area contributed by atoms with E-state index in [1.54, 1.807) is 35.1 Å². The van der Waals surface area contributed by atoms with Gasteiger partial charge in [0.2, 0.25) is 5.91 Å². The third-order valence-corrected chi connectivity index (χ3v) is 4.05. The van der Waals surface area contributed by atoms with Crippen LogP contribution in [0, 0.1) is 0 Å². The predicted molar refractivity (Wildman–Crippen MR) is 98.6 cm³/mol. The largest absolute Gasteiger partial charge is 0.369 e. The highest BCUT2D eigenvalue weighted by Gasteiger charge is 2.10. The van der Waals surface area contributed by atoms with Gasteiger partial charge in [-0.05, 0) is 42.0 Å². The standard InChI is InChI=1S/C18H15BrN4O2/c19-14-3-7-16(8-4-14)23-11-13(10-21-23)18(25)22-15-5-1-12(2-6-15)9-17(20)24/h1-8,10-11H,9H2,(H2,20,24)(H,22,25). The summed E-state index contributed by atoms with van der Waals surface area (Å²) in [6.45, 7) is 0. The van der Waals surface area contributed by atoms with Crippen molar-refractivity contribution >= 4 is 33.4 Å². The van der Waals surface area contributed by atoms with Crippen LogP contribution in [0.15, 0.2) is 65.4 Å². The molecule has 0 radical (unpaired) electrons. The number of carbonyl (C=O) groups is 2. The van der Waals surface area contributed by atoms with Crippen LogP contribution in [0.2, 0.25) is 0 Å². The summed E-state index contributed by atoms with van der Waals surface area (Å²) in [6.07, 6.45) is 3.35. The summed E-state index contributed by atoms with van der Waals surface area (Å²) in [5.74, 6) is -0.650. The van der Waals surface area contributed by atoms with Crippen LogP contribution in [0.25, 0.3) is 5.69 Å². The zero-order valence-corrected chi connectivity index (χ0v) is 14.7. The number of carbonyl (C=O) groups excluding carboxylic acids is 2. The van der Waals surface area contributed by atoms with Crippen LogP contribution in [-0.4, -0.2) is 21.6 Å². The fourth-order valence-electron chi connectivity index (χ4n) is 2.29. The lowest BCUT2D eigenvalue weighted by molar-refractivity contribution is -0.117. The number of nitrogens with one attached hydrogen (secondary N) is 1. The molecule has 3 aromatic rings. The topological polar surface area (TPSA) is 90.0 Å². The molecule has 2 amide bonds. The second kappa shape index (κ2) is 7.31. The number of halogens is 1. The molecule has 25 heavy (non-hydrogen) atoms. The summed E-state index contributed by atoms with van der Waals surface area (Å²) in [6, 6.07) is 14.6. The van der Waals surface area contributed by atoms with Crippen LogP contribution in [0.5, 0.6) is 0 Å². The maximum Gasteiger partial charge on any atom is 0.258 e. The van der Waals surface area contributed by atoms with Crippen molar-refractivity contribution < 1.29 is 9.59 Å². The second-order valence-electron chi connectivity index (χ2n) is 5.44. The molecule has 0 spiro atoms. The van der Waals surface area contributed by atoms with Gasteiger partial charge in [0.15, 0.2) is 0 Å². The molecule has 1 heterocycles. The van der Waals surface area contributed by atoms with E-state index in [-0.39, 0.29) is 12.3 Å². The highest BCUT2D eigenvalue weighted by Crippen LogP contribution is 2.15. The monoisotopic (exact) mass is 398 g/mol. The van der Waals surface area contributed by atoms with Gasteiger partial charge in [0.25, 0.3) is 5.91 Å². The Hall–Kier alpha value is -2.93. The first-order valence-corrected chi connectivity index (χ1v) is 8.30. The number of amides is 2. The summed E-state index contributed by atoms with van der Waals surface area (Å²) < 4.78 is 2.61. The number of nitrogens with two attached hydrogens (primary N) is 1. The molecular weight excluding hydrogens is 384 g/mol. The summed E-state index contributed by atoms with van der Waals surface area (Å²) in [7, 11) is 0. The quantitative estimate of drug-likeness (QED) is 0.691. The zero-order valence-electron chi connectivity index (χ0n) is 13.1. The Bertz CT molecular complexity index is 902. The van der Waals surface area contributed by atoms with Crippen molar-refractivity contribution in [3.63, 3.8) is 0 Å². The Morgan fingerprint density at radius 3 is 2.40 bits per heavy atom. The van der Waals surface area contributed by atoms with E-state index in [2.05, 4.69) is 26.3 Å². The molecule has 0 unspecified atom stereocenters. The van der Waals surface area contributed by atoms with Gasteiger partial charge in [0.1, 0.15) is 0 Å². The van der Waals surface area contributed by atoms with Gasteiger partial charge in [-0.1, -0.05) is 28.1 Å². The number of hydrogen-bond acceptors (Lipinski definition) is 3. The minimum absolute atomic E-state index is 0.175. The van der Waals surface area contributed by atoms with Crippen LogP contribution in [-0.2, 0) is 11.2 Å². The molecule has 0 aliphatic rings. The highest BCUT2D eigenvalue weighted by molar-refractivity contribution is 9.10. The van der Waals surface area contributed by atoms with Crippen molar-refractivity contribution in [2.45, 2.75) is 6.42 Å². The van der Waals surface area contributed by atoms with Gasteiger partial charge in [-0.3, -0.25) is 9.59 Å². The summed E-state index contributed by atoms with van der Waals surface area (Å²) in [5.41, 5.74) is 7.90. The maximum absolute atomic E-state index is 12.3. The molecule has 0 fully saturated rings. The molecule has 0 aliphatic carbocycles. The van der Waals surface area contributed by atoms with E-state index in [9.17, 15) is 9.59 Å². The van der Waals surface area contributed by atoms with E-state index >= 15 is 0 Å². The molecule has 0 bridgehead atoms. The first-order chi connectivity index (χ1) is 12.0. The highest BCUT2D eigenvalue weighted by atomic mass is 79.9. The van der Waals surface area contributed by atoms with Crippen LogP contribution >= 0.6 is 15.9 Å². The fourth-order valence-corrected chi connectivity index (χ4v) is 2.55. The maximum atomic E-state index is 12.3. The lowest BCUT2D eigenvalue weighted by Gasteiger charge is -2.05. The summed E-state index contributed by atoms with van der Waals surface area (Å²) in [5, 5.41) is 7.01. The van der Waals surface area contributed by atoms with E-state index in [0.29, 0.717) is 11.3 Å². The average molecular weight is 399 g/mol. The number of anilines is 1. The third-order valence-electron chi connectivity index (χ3n) is 3.53. The van der Waals surface area contributed by atoms with E-state index in [0.717, 1.165) is 15.7 Å². The van der Waals surface area contributed by atoms with Crippen LogP contribution < -0.4 is 11.1 Å². The van der Waals surface area contributed by atoms with Gasteiger partial charge >= 0.3 is 0 Å². The van der Waals surface area contributed by atoms with Gasteiger partial charge in [-0.15, -0.1) is 0 Å². The average Bonchev–Trinajstić information content (AvgIpc) is 3.07. The number of primary amides is 1. The van der Waals surface area contributed by atoms with Crippen LogP contribution in [0.4, 0.5) is 5.69 Å². The van der Waals surface area contributed by atoms with Gasteiger partial charge in [0, 0.05) is 16.4 Å². The normalized spacial score (nSPS) is 10.4. The fraction of sp³-hybridized carbons (Fsp3) is 0.0556. The Balaban J connectivity index is 1.69. The zero-order chi connectivity index (χ0) is 17.8. The molecule has 0 saturated carbocycles. The smallest absolute Gasteiger partial charge is 0.258 e. The predicted octanol–water partition coefficient (Wildman–Crippen LogP) is 2.91. The van der Waals surface area contributed by atoms with Gasteiger partial charge < -0.3 is 11.1 Å². The molecule has 2 aromatic carbocycles. The van der Waals surface area contributed by atoms with Crippen molar-refractivity contribution in [1.29, 1.82) is 0 Å². The van der Waals surface area contributed by atoms with Crippen molar-refractivity contribution in [3.05, 3.63) is 76.5 Å². The number of aromatic nitrogens is 2. The Morgan fingerprint density at radius 1 is 1.08 bits per heavy atom. The number of nitrogens with zero attached hydrogens (tertiary/aromatic N) is 2. The lowest BCUT2D eigenvalue weighted by atomic mass is 10.1. The van der Waals surface area contributed by atoms with Gasteiger partial charge in [-0.25, -0.2) is 4.68 Å². The first kappa shape index (κ1) is 16.9. The molecule has 0 atom stereocenters. The van der Waals surface area contributed by atoms with Gasteiger partial charge in [-0.2, -0.15) is 5.10 Å². The van der Waals surface area contributed by atoms with E-state index < -0.39 is 5.91 Å². The van der Waals surface area contributed by atoms with E-state index in [1.807, 2.05) is 24.3 Å². The number of rotatable bonds is 5. The SMILES string of the molecule is NC(=O)Cc1ccc(NC(=O)c2cnn(-c3ccc(Br)cc3)c2)cc1. The molecular formula is C18H15BrN4O2. The molecule has 1 aromatic heterocycles. The number of hydrogen-bond donors (Lipinski definition) is 2. The second-order valence-corrected chi connectivity index (χ2v) is 6.36. The third kappa shape index (κ3) is 4.33. The Kier molecular flexibility index (Phi) is 4.95. The summed E-state index contributed by atoms with van der Waals surface area (Å²) in [4.78, 5) is 23.2. The molecule has 3 rings (SSSR count). The molecule has 7 heteroatoms. The van der Waals surface area contributed by atoms with Gasteiger partial charge in [0.05, 0.1) is 23.9 Å². The minimum atomic E-state index is -0.392. The molecule has 6 nitrogen and oxygen atoms in total. The number of benzene rings is 2. The molecule has 0 aliphatic heterocycles. The van der Waals surface area contributed by atoms with Crippen molar-refractivity contribution in [3.8, 4) is 5.69 Å². The van der Waals surface area contributed by atoms with Crippen molar-refractivity contribution in [2.75, 3.05) is 5.32 Å². The van der Waals surface area contributed by atoms with Crippen LogP contribution in [0.3, 0.4) is 0 Å². The summed E-state index contributed by atoms with van der Waals surface area (Å²) >= 11 is 3.38. The first-order valence-electron chi connectivity index (χ1n) is 7.50. The Morgan fingerprint density at radius 2 is 1.76 bits per heavy atom. The van der Waals surface area contributed by atoms with Crippen LogP contribution in [0.1, 0.15) is 15.9 Å². The van der Waals surface area contributed by atoms with E-state index in [1.165, 1.54) is 6.20 Å². The van der Waals surface area contributed by atoms with E-state index in [4.69, 9.17) is 5.73 Å². The molecule has 0 saturated heterocycles. The Labute approximate surface area is 152 Å². The molecule has 3 N–H and O–H groups in total. The van der Waals surface area contributed by atoms with Crippen molar-refractivity contribution in [1.82, 2.24) is 9.78 Å². The lowest BCUT2D eigenvalue weighted by Crippen LogP contribution is -2.14.